The van der Waals surface area contributed by atoms with Crippen LogP contribution < -0.4 is 5.56 Å². The van der Waals surface area contributed by atoms with Crippen molar-refractivity contribution in [1.29, 1.82) is 0 Å². The Kier molecular flexibility index (Phi) is 6.26. The first-order chi connectivity index (χ1) is 13.0. The Hall–Kier alpha value is -2.22. The van der Waals surface area contributed by atoms with Gasteiger partial charge in [-0.3, -0.25) is 14.7 Å². The Morgan fingerprint density at radius 2 is 2.00 bits per heavy atom. The third kappa shape index (κ3) is 4.21. The molecule has 3 heterocycles. The lowest BCUT2D eigenvalue weighted by Crippen LogP contribution is -2.47. The van der Waals surface area contributed by atoms with Crippen molar-refractivity contribution in [2.45, 2.75) is 19.5 Å². The Labute approximate surface area is 159 Å². The Balaban J connectivity index is 2.11. The maximum atomic E-state index is 13.3. The molecule has 1 fully saturated rings. The van der Waals surface area contributed by atoms with Gasteiger partial charge in [0.2, 0.25) is 0 Å². The fraction of sp³-hybridized carbons (Fsp3) is 0.500. The van der Waals surface area contributed by atoms with Crippen LogP contribution >= 0.6 is 0 Å². The van der Waals surface area contributed by atoms with Crippen LogP contribution in [0.15, 0.2) is 35.3 Å². The molecule has 2 aromatic rings. The van der Waals surface area contributed by atoms with E-state index in [9.17, 15) is 9.90 Å². The minimum absolute atomic E-state index is 0.0285. The van der Waals surface area contributed by atoms with Gasteiger partial charge in [-0.05, 0) is 32.2 Å². The van der Waals surface area contributed by atoms with Crippen LogP contribution in [0.4, 0.5) is 0 Å². The normalized spacial score (nSPS) is 17.1. The van der Waals surface area contributed by atoms with E-state index < -0.39 is 0 Å². The summed E-state index contributed by atoms with van der Waals surface area (Å²) in [5.74, 6) is 0.0285. The molecule has 0 aliphatic carbocycles. The number of nitrogens with zero attached hydrogens (tertiary/aromatic N) is 4. The SMILES string of the molecule is COCCn1c(C)cc(O)c([C@@H](c2ccccn2)N2CCN(C)CC2)c1=O. The summed E-state index contributed by atoms with van der Waals surface area (Å²) in [5, 5.41) is 10.7. The molecule has 146 valence electrons. The second-order valence-corrected chi connectivity index (χ2v) is 7.03. The fourth-order valence-corrected chi connectivity index (χ4v) is 3.62. The van der Waals surface area contributed by atoms with E-state index in [4.69, 9.17) is 4.74 Å². The minimum Gasteiger partial charge on any atom is -0.507 e. The number of hydrogen-bond acceptors (Lipinski definition) is 6. The number of aryl methyl sites for hydroxylation is 1. The van der Waals surface area contributed by atoms with Crippen molar-refractivity contribution < 1.29 is 9.84 Å². The van der Waals surface area contributed by atoms with Gasteiger partial charge in [0.05, 0.1) is 23.9 Å². The number of piperazine rings is 1. The molecule has 2 aromatic heterocycles. The van der Waals surface area contributed by atoms with E-state index in [0.29, 0.717) is 18.7 Å². The van der Waals surface area contributed by atoms with Crippen molar-refractivity contribution in [2.24, 2.45) is 0 Å². The zero-order valence-electron chi connectivity index (χ0n) is 16.3. The van der Waals surface area contributed by atoms with Crippen LogP contribution in [0, 0.1) is 6.92 Å². The Morgan fingerprint density at radius 3 is 2.63 bits per heavy atom. The van der Waals surface area contributed by atoms with Crippen molar-refractivity contribution >= 4 is 0 Å². The molecule has 0 radical (unpaired) electrons. The number of aromatic nitrogens is 2. The van der Waals surface area contributed by atoms with Crippen LogP contribution in [0.25, 0.3) is 0 Å². The molecular formula is C20H28N4O3. The van der Waals surface area contributed by atoms with E-state index in [2.05, 4.69) is 21.8 Å². The summed E-state index contributed by atoms with van der Waals surface area (Å²) in [7, 11) is 3.71. The first-order valence-electron chi connectivity index (χ1n) is 9.28. The monoisotopic (exact) mass is 372 g/mol. The van der Waals surface area contributed by atoms with E-state index in [1.54, 1.807) is 23.9 Å². The number of aromatic hydroxyl groups is 1. The topological polar surface area (TPSA) is 70.8 Å². The molecule has 1 N–H and O–H groups in total. The third-order valence-corrected chi connectivity index (χ3v) is 5.19. The van der Waals surface area contributed by atoms with E-state index in [-0.39, 0.29) is 17.4 Å². The number of methoxy groups -OCH3 is 1. The van der Waals surface area contributed by atoms with Gasteiger partial charge in [-0.15, -0.1) is 0 Å². The maximum Gasteiger partial charge on any atom is 0.259 e. The number of pyridine rings is 2. The molecule has 0 unspecified atom stereocenters. The molecular weight excluding hydrogens is 344 g/mol. The van der Waals surface area contributed by atoms with Crippen LogP contribution in [0.3, 0.4) is 0 Å². The van der Waals surface area contributed by atoms with Crippen LogP contribution in [-0.2, 0) is 11.3 Å². The smallest absolute Gasteiger partial charge is 0.259 e. The van der Waals surface area contributed by atoms with Gasteiger partial charge < -0.3 is 19.3 Å². The zero-order valence-corrected chi connectivity index (χ0v) is 16.3. The fourth-order valence-electron chi connectivity index (χ4n) is 3.62. The largest absolute Gasteiger partial charge is 0.507 e. The number of ether oxygens (including phenoxy) is 1. The average molecular weight is 372 g/mol. The molecule has 3 rings (SSSR count). The van der Waals surface area contributed by atoms with Gasteiger partial charge in [0.25, 0.3) is 5.56 Å². The van der Waals surface area contributed by atoms with Gasteiger partial charge in [0, 0.05) is 51.7 Å². The highest BCUT2D eigenvalue weighted by Gasteiger charge is 2.31. The maximum absolute atomic E-state index is 13.3. The molecule has 0 spiro atoms. The lowest BCUT2D eigenvalue weighted by atomic mass is 10.00. The van der Waals surface area contributed by atoms with E-state index in [1.165, 1.54) is 0 Å². The number of rotatable bonds is 6. The first-order valence-corrected chi connectivity index (χ1v) is 9.28. The quantitative estimate of drug-likeness (QED) is 0.823. The van der Waals surface area contributed by atoms with Crippen molar-refractivity contribution in [3.05, 3.63) is 57.8 Å². The lowest BCUT2D eigenvalue weighted by Gasteiger charge is -2.38. The highest BCUT2D eigenvalue weighted by molar-refractivity contribution is 5.39. The summed E-state index contributed by atoms with van der Waals surface area (Å²) in [6.07, 6.45) is 1.73. The molecule has 1 atom stereocenters. The van der Waals surface area contributed by atoms with E-state index in [0.717, 1.165) is 37.6 Å². The molecule has 7 heteroatoms. The summed E-state index contributed by atoms with van der Waals surface area (Å²) < 4.78 is 6.82. The summed E-state index contributed by atoms with van der Waals surface area (Å²) >= 11 is 0. The van der Waals surface area contributed by atoms with Crippen LogP contribution in [0.1, 0.15) is 23.0 Å². The summed E-state index contributed by atoms with van der Waals surface area (Å²) in [6, 6.07) is 6.98. The molecule has 0 saturated carbocycles. The highest BCUT2D eigenvalue weighted by Crippen LogP contribution is 2.32. The van der Waals surface area contributed by atoms with Gasteiger partial charge in [0.15, 0.2) is 0 Å². The van der Waals surface area contributed by atoms with Gasteiger partial charge in [0.1, 0.15) is 5.75 Å². The van der Waals surface area contributed by atoms with Gasteiger partial charge in [-0.2, -0.15) is 0 Å². The molecule has 1 aliphatic rings. The molecule has 0 bridgehead atoms. The predicted molar refractivity (Wildman–Crippen MR) is 104 cm³/mol. The summed E-state index contributed by atoms with van der Waals surface area (Å²) in [4.78, 5) is 22.3. The Morgan fingerprint density at radius 1 is 1.26 bits per heavy atom. The second kappa shape index (κ2) is 8.65. The molecule has 1 aliphatic heterocycles. The first kappa shape index (κ1) is 19.5. The van der Waals surface area contributed by atoms with Crippen LogP contribution in [0.2, 0.25) is 0 Å². The molecule has 0 aromatic carbocycles. The van der Waals surface area contributed by atoms with Crippen LogP contribution in [-0.4, -0.2) is 71.4 Å². The molecule has 1 saturated heterocycles. The molecule has 7 nitrogen and oxygen atoms in total. The van der Waals surface area contributed by atoms with Gasteiger partial charge >= 0.3 is 0 Å². The van der Waals surface area contributed by atoms with Crippen molar-refractivity contribution in [3.8, 4) is 5.75 Å². The van der Waals surface area contributed by atoms with Gasteiger partial charge in [-0.1, -0.05) is 6.07 Å². The lowest BCUT2D eigenvalue weighted by molar-refractivity contribution is 0.123. The average Bonchev–Trinajstić information content (AvgIpc) is 2.66. The number of likely N-dealkylation sites (N-methyl/N-ethyl adjacent to an activating group) is 1. The van der Waals surface area contributed by atoms with E-state index >= 15 is 0 Å². The number of hydrogen-bond donors (Lipinski definition) is 1. The summed E-state index contributed by atoms with van der Waals surface area (Å²) in [6.45, 7) is 6.15. The summed E-state index contributed by atoms with van der Waals surface area (Å²) in [5.41, 5.74) is 1.70. The van der Waals surface area contributed by atoms with Crippen LogP contribution in [0.5, 0.6) is 5.75 Å². The minimum atomic E-state index is -0.373. The Bertz CT molecular complexity index is 814. The standard InChI is InChI=1S/C20H28N4O3/c1-15-14-17(25)18(20(26)24(15)12-13-27-3)19(16-6-4-5-7-21-16)23-10-8-22(2)9-11-23/h4-7,14,19,25H,8-13H2,1-3H3/t19-/m1/s1. The van der Waals surface area contributed by atoms with E-state index in [1.807, 2.05) is 25.1 Å². The highest BCUT2D eigenvalue weighted by atomic mass is 16.5. The van der Waals surface area contributed by atoms with Crippen molar-refractivity contribution in [1.82, 2.24) is 19.4 Å². The predicted octanol–water partition coefficient (Wildman–Crippen LogP) is 1.24. The molecule has 0 amide bonds. The van der Waals surface area contributed by atoms with Gasteiger partial charge in [-0.25, -0.2) is 0 Å². The molecule has 27 heavy (non-hydrogen) atoms. The second-order valence-electron chi connectivity index (χ2n) is 7.03. The third-order valence-electron chi connectivity index (χ3n) is 5.19. The van der Waals surface area contributed by atoms with Crippen molar-refractivity contribution in [2.75, 3.05) is 46.9 Å². The van der Waals surface area contributed by atoms with Crippen molar-refractivity contribution in [3.63, 3.8) is 0 Å². The zero-order chi connectivity index (χ0) is 19.4.